The van der Waals surface area contributed by atoms with Crippen LogP contribution >= 0.6 is 11.3 Å². The Hall–Kier alpha value is -3.42. The maximum Gasteiger partial charge on any atom is 0.268 e. The molecule has 0 saturated heterocycles. The van der Waals surface area contributed by atoms with Crippen LogP contribution in [0.2, 0.25) is 0 Å². The molecule has 5 rings (SSSR count). The molecule has 32 heavy (non-hydrogen) atoms. The van der Waals surface area contributed by atoms with Gasteiger partial charge in [-0.05, 0) is 64.9 Å². The number of hydrogen-bond acceptors (Lipinski definition) is 4. The second-order valence-corrected chi connectivity index (χ2v) is 10.2. The first-order chi connectivity index (χ1) is 15.5. The fraction of sp³-hybridized carbons (Fsp3) is 0.0800. The lowest BCUT2D eigenvalue weighted by Gasteiger charge is -2.17. The number of sulfonamides is 1. The molecular weight excluding hydrogens is 440 g/mol. The Labute approximate surface area is 191 Å². The Morgan fingerprint density at radius 1 is 0.875 bits per heavy atom. The number of carbonyl (C=O) groups is 1. The summed E-state index contributed by atoms with van der Waals surface area (Å²) in [6.07, 6.45) is 0.688. The SMILES string of the molecule is O=C(c1cccs1)N1CCc2cc(NS(=O)(=O)c3ccc(-c4ccccc4)cc3)ccc21. The smallest absolute Gasteiger partial charge is 0.268 e. The normalized spacial score (nSPS) is 13.1. The molecule has 2 heterocycles. The summed E-state index contributed by atoms with van der Waals surface area (Å²) in [5.41, 5.74) is 4.26. The third-order valence-corrected chi connectivity index (χ3v) is 7.73. The number of anilines is 2. The van der Waals surface area contributed by atoms with Crippen LogP contribution in [0.3, 0.4) is 0 Å². The molecule has 0 aliphatic carbocycles. The van der Waals surface area contributed by atoms with Crippen LogP contribution in [0.5, 0.6) is 0 Å². The van der Waals surface area contributed by atoms with Gasteiger partial charge in [0.15, 0.2) is 0 Å². The molecule has 0 unspecified atom stereocenters. The van der Waals surface area contributed by atoms with Crippen molar-refractivity contribution < 1.29 is 13.2 Å². The van der Waals surface area contributed by atoms with Crippen LogP contribution in [-0.2, 0) is 16.4 Å². The van der Waals surface area contributed by atoms with Gasteiger partial charge in [-0.2, -0.15) is 0 Å². The number of fused-ring (bicyclic) bond motifs is 1. The summed E-state index contributed by atoms with van der Waals surface area (Å²) >= 11 is 1.42. The van der Waals surface area contributed by atoms with Crippen LogP contribution in [0.1, 0.15) is 15.2 Å². The first-order valence-corrected chi connectivity index (χ1v) is 12.5. The van der Waals surface area contributed by atoms with Gasteiger partial charge < -0.3 is 4.90 Å². The molecule has 3 aromatic carbocycles. The number of nitrogens with one attached hydrogen (secondary N) is 1. The largest absolute Gasteiger partial charge is 0.307 e. The van der Waals surface area contributed by atoms with Crippen LogP contribution in [0.25, 0.3) is 11.1 Å². The van der Waals surface area contributed by atoms with Gasteiger partial charge in [0.05, 0.1) is 9.77 Å². The quantitative estimate of drug-likeness (QED) is 0.433. The summed E-state index contributed by atoms with van der Waals surface area (Å²) in [6.45, 7) is 0.587. The zero-order chi connectivity index (χ0) is 22.1. The van der Waals surface area contributed by atoms with Gasteiger partial charge in [-0.3, -0.25) is 9.52 Å². The highest BCUT2D eigenvalue weighted by Gasteiger charge is 2.26. The van der Waals surface area contributed by atoms with E-state index in [9.17, 15) is 13.2 Å². The van der Waals surface area contributed by atoms with Crippen molar-refractivity contribution in [3.63, 3.8) is 0 Å². The molecular formula is C25H20N2O3S2. The highest BCUT2D eigenvalue weighted by atomic mass is 32.2. The zero-order valence-electron chi connectivity index (χ0n) is 17.1. The minimum atomic E-state index is -3.72. The van der Waals surface area contributed by atoms with Gasteiger partial charge in [0.25, 0.3) is 15.9 Å². The van der Waals surface area contributed by atoms with Crippen LogP contribution in [0, 0.1) is 0 Å². The van der Waals surface area contributed by atoms with Crippen molar-refractivity contribution in [3.05, 3.63) is 101 Å². The van der Waals surface area contributed by atoms with E-state index in [2.05, 4.69) is 4.72 Å². The minimum Gasteiger partial charge on any atom is -0.307 e. The molecule has 4 aromatic rings. The summed E-state index contributed by atoms with van der Waals surface area (Å²) < 4.78 is 28.5. The molecule has 160 valence electrons. The summed E-state index contributed by atoms with van der Waals surface area (Å²) in [5, 5.41) is 1.88. The van der Waals surface area contributed by atoms with Crippen LogP contribution in [0.4, 0.5) is 11.4 Å². The van der Waals surface area contributed by atoms with E-state index in [-0.39, 0.29) is 10.8 Å². The second kappa shape index (κ2) is 8.26. The molecule has 0 radical (unpaired) electrons. The molecule has 1 aliphatic rings. The lowest BCUT2D eigenvalue weighted by atomic mass is 10.1. The van der Waals surface area contributed by atoms with Gasteiger partial charge in [-0.15, -0.1) is 11.3 Å². The van der Waals surface area contributed by atoms with E-state index < -0.39 is 10.0 Å². The number of benzene rings is 3. The predicted molar refractivity (Wildman–Crippen MR) is 129 cm³/mol. The molecule has 1 N–H and O–H groups in total. The van der Waals surface area contributed by atoms with Gasteiger partial charge in [-0.1, -0.05) is 48.5 Å². The average Bonchev–Trinajstić information content (AvgIpc) is 3.49. The molecule has 0 fully saturated rings. The maximum atomic E-state index is 12.9. The lowest BCUT2D eigenvalue weighted by Crippen LogP contribution is -2.28. The number of hydrogen-bond donors (Lipinski definition) is 1. The van der Waals surface area contributed by atoms with Gasteiger partial charge in [0.2, 0.25) is 0 Å². The number of carbonyl (C=O) groups excluding carboxylic acids is 1. The fourth-order valence-corrected chi connectivity index (χ4v) is 5.60. The summed E-state index contributed by atoms with van der Waals surface area (Å²) in [5.74, 6) is -0.0226. The highest BCUT2D eigenvalue weighted by molar-refractivity contribution is 7.92. The van der Waals surface area contributed by atoms with E-state index in [1.54, 1.807) is 35.2 Å². The Morgan fingerprint density at radius 3 is 2.34 bits per heavy atom. The van der Waals surface area contributed by atoms with E-state index in [0.717, 1.165) is 22.4 Å². The number of thiophene rings is 1. The van der Waals surface area contributed by atoms with Gasteiger partial charge in [0, 0.05) is 17.9 Å². The molecule has 7 heteroatoms. The van der Waals surface area contributed by atoms with Crippen molar-refractivity contribution >= 4 is 38.6 Å². The van der Waals surface area contributed by atoms with Crippen molar-refractivity contribution in [3.8, 4) is 11.1 Å². The Bertz CT molecular complexity index is 1360. The van der Waals surface area contributed by atoms with Crippen molar-refractivity contribution in [2.24, 2.45) is 0 Å². The van der Waals surface area contributed by atoms with Crippen LogP contribution < -0.4 is 9.62 Å². The Balaban J connectivity index is 1.35. The maximum absolute atomic E-state index is 12.9. The lowest BCUT2D eigenvalue weighted by molar-refractivity contribution is 0.0993. The van der Waals surface area contributed by atoms with Crippen molar-refractivity contribution in [2.45, 2.75) is 11.3 Å². The number of nitrogens with zero attached hydrogens (tertiary/aromatic N) is 1. The van der Waals surface area contributed by atoms with Crippen molar-refractivity contribution in [1.82, 2.24) is 0 Å². The Morgan fingerprint density at radius 2 is 1.62 bits per heavy atom. The van der Waals surface area contributed by atoms with Crippen molar-refractivity contribution in [2.75, 3.05) is 16.2 Å². The first-order valence-electron chi connectivity index (χ1n) is 10.2. The van der Waals surface area contributed by atoms with Gasteiger partial charge in [0.1, 0.15) is 0 Å². The minimum absolute atomic E-state index is 0.0226. The van der Waals surface area contributed by atoms with E-state index in [0.29, 0.717) is 23.5 Å². The molecule has 0 spiro atoms. The zero-order valence-corrected chi connectivity index (χ0v) is 18.7. The van der Waals surface area contributed by atoms with E-state index in [1.807, 2.05) is 60.0 Å². The molecule has 1 amide bonds. The van der Waals surface area contributed by atoms with E-state index in [4.69, 9.17) is 0 Å². The third-order valence-electron chi connectivity index (χ3n) is 5.48. The number of amides is 1. The molecule has 0 atom stereocenters. The summed E-state index contributed by atoms with van der Waals surface area (Å²) in [6, 6.07) is 25.6. The van der Waals surface area contributed by atoms with Crippen LogP contribution in [0.15, 0.2) is 95.2 Å². The summed E-state index contributed by atoms with van der Waals surface area (Å²) in [4.78, 5) is 15.4. The highest BCUT2D eigenvalue weighted by Crippen LogP contribution is 2.33. The molecule has 0 bridgehead atoms. The summed E-state index contributed by atoms with van der Waals surface area (Å²) in [7, 11) is -3.72. The number of rotatable bonds is 5. The molecule has 1 aliphatic heterocycles. The fourth-order valence-electron chi connectivity index (χ4n) is 3.88. The second-order valence-electron chi connectivity index (χ2n) is 7.52. The molecule has 1 aromatic heterocycles. The third kappa shape index (κ3) is 3.92. The van der Waals surface area contributed by atoms with Gasteiger partial charge >= 0.3 is 0 Å². The average molecular weight is 461 g/mol. The standard InChI is InChI=1S/C25H20N2O3S2/c28-25(24-7-4-16-31-24)27-15-14-20-17-21(10-13-23(20)27)26-32(29,30)22-11-8-19(9-12-22)18-5-2-1-3-6-18/h1-13,16-17,26H,14-15H2. The molecule has 0 saturated carbocycles. The monoisotopic (exact) mass is 460 g/mol. The van der Waals surface area contributed by atoms with E-state index in [1.165, 1.54) is 11.3 Å². The van der Waals surface area contributed by atoms with E-state index >= 15 is 0 Å². The van der Waals surface area contributed by atoms with Crippen LogP contribution in [-0.4, -0.2) is 20.9 Å². The van der Waals surface area contributed by atoms with Gasteiger partial charge in [-0.25, -0.2) is 8.42 Å². The first kappa shape index (κ1) is 20.5. The Kier molecular flexibility index (Phi) is 5.28. The molecule has 5 nitrogen and oxygen atoms in total. The predicted octanol–water partition coefficient (Wildman–Crippen LogP) is 5.42. The van der Waals surface area contributed by atoms with Crippen molar-refractivity contribution in [1.29, 1.82) is 0 Å². The topological polar surface area (TPSA) is 66.5 Å².